The van der Waals surface area contributed by atoms with Crippen LogP contribution in [0.15, 0.2) is 28.7 Å². The molecule has 0 aromatic heterocycles. The molecule has 1 aromatic carbocycles. The Labute approximate surface area is 156 Å². The smallest absolute Gasteiger partial charge is 0.243 e. The van der Waals surface area contributed by atoms with E-state index in [1.54, 1.807) is 19.2 Å². The molecule has 24 heavy (non-hydrogen) atoms. The largest absolute Gasteiger partial charge is 0.384 e. The summed E-state index contributed by atoms with van der Waals surface area (Å²) in [5.74, 6) is -0.367. The number of rotatable bonds is 6. The van der Waals surface area contributed by atoms with E-state index in [0.29, 0.717) is 25.1 Å². The molecule has 0 spiro atoms. The van der Waals surface area contributed by atoms with E-state index in [9.17, 15) is 9.59 Å². The normalized spacial score (nSPS) is 15.9. The Morgan fingerprint density at radius 1 is 1.25 bits per heavy atom. The zero-order valence-electron chi connectivity index (χ0n) is 13.6. The number of nitrogens with one attached hydrogen (secondary N) is 3. The lowest BCUT2D eigenvalue weighted by Crippen LogP contribution is -2.51. The lowest BCUT2D eigenvalue weighted by molar-refractivity contribution is -0.137. The van der Waals surface area contributed by atoms with Crippen molar-refractivity contribution in [2.45, 2.75) is 12.8 Å². The number of methoxy groups -OCH3 is 1. The predicted octanol–water partition coefficient (Wildman–Crippen LogP) is 1.94. The molecule has 1 heterocycles. The third-order valence-corrected chi connectivity index (χ3v) is 4.53. The molecule has 3 N–H and O–H groups in total. The van der Waals surface area contributed by atoms with Crippen LogP contribution in [-0.4, -0.2) is 45.2 Å². The summed E-state index contributed by atoms with van der Waals surface area (Å²) < 4.78 is 6.17. The first-order valence-electron chi connectivity index (χ1n) is 7.59. The highest BCUT2D eigenvalue weighted by Crippen LogP contribution is 2.29. The maximum absolute atomic E-state index is 12.5. The maximum Gasteiger partial charge on any atom is 0.243 e. The van der Waals surface area contributed by atoms with E-state index < -0.39 is 5.41 Å². The topological polar surface area (TPSA) is 79.5 Å². The Morgan fingerprint density at radius 3 is 2.46 bits per heavy atom. The number of carbonyl (C=O) groups excluding carboxylic acids is 2. The van der Waals surface area contributed by atoms with E-state index in [1.807, 2.05) is 12.1 Å². The van der Waals surface area contributed by atoms with Crippen molar-refractivity contribution in [3.63, 3.8) is 0 Å². The molecule has 6 nitrogen and oxygen atoms in total. The van der Waals surface area contributed by atoms with Crippen LogP contribution in [0.3, 0.4) is 0 Å². The molecule has 134 valence electrons. The fraction of sp³-hybridized carbons (Fsp3) is 0.500. The van der Waals surface area contributed by atoms with Gasteiger partial charge < -0.3 is 20.7 Å². The summed E-state index contributed by atoms with van der Waals surface area (Å²) in [5, 5.41) is 8.73. The van der Waals surface area contributed by atoms with Gasteiger partial charge in [-0.1, -0.05) is 15.9 Å². The predicted molar refractivity (Wildman–Crippen MR) is 99.4 cm³/mol. The monoisotopic (exact) mass is 419 g/mol. The Morgan fingerprint density at radius 2 is 1.88 bits per heavy atom. The highest BCUT2D eigenvalue weighted by atomic mass is 79.9. The van der Waals surface area contributed by atoms with Crippen LogP contribution in [0.2, 0.25) is 0 Å². The van der Waals surface area contributed by atoms with Crippen LogP contribution >= 0.6 is 28.3 Å². The van der Waals surface area contributed by atoms with Crippen molar-refractivity contribution in [2.75, 3.05) is 38.7 Å². The number of anilines is 1. The summed E-state index contributed by atoms with van der Waals surface area (Å²) in [4.78, 5) is 24.5. The third-order valence-electron chi connectivity index (χ3n) is 4.00. The quantitative estimate of drug-likeness (QED) is 0.657. The molecule has 1 aromatic rings. The molecule has 0 unspecified atom stereocenters. The highest BCUT2D eigenvalue weighted by molar-refractivity contribution is 9.10. The molecule has 1 fully saturated rings. The number of amides is 2. The minimum Gasteiger partial charge on any atom is -0.384 e. The molecule has 8 heteroatoms. The summed E-state index contributed by atoms with van der Waals surface area (Å²) in [7, 11) is 1.59. The van der Waals surface area contributed by atoms with E-state index in [4.69, 9.17) is 4.74 Å². The fourth-order valence-corrected chi connectivity index (χ4v) is 2.97. The van der Waals surface area contributed by atoms with Gasteiger partial charge in [-0.15, -0.1) is 12.4 Å². The van der Waals surface area contributed by atoms with Gasteiger partial charge in [-0.25, -0.2) is 0 Å². The van der Waals surface area contributed by atoms with Crippen molar-refractivity contribution in [1.82, 2.24) is 10.6 Å². The van der Waals surface area contributed by atoms with Gasteiger partial charge in [0, 0.05) is 17.3 Å². The summed E-state index contributed by atoms with van der Waals surface area (Å²) in [6.07, 6.45) is 1.42. The van der Waals surface area contributed by atoms with Crippen molar-refractivity contribution >= 4 is 45.8 Å². The fourth-order valence-electron chi connectivity index (χ4n) is 2.71. The van der Waals surface area contributed by atoms with Crippen LogP contribution in [0.1, 0.15) is 12.8 Å². The molecular formula is C16H23BrClN3O3. The standard InChI is InChI=1S/C16H22BrN3O3.ClH/c1-23-11-16(6-8-18-9-7-16)15(22)19-10-14(21)20-13-4-2-12(17)3-5-13;/h2-5,18H,6-11H2,1H3,(H,19,22)(H,20,21);1H. The van der Waals surface area contributed by atoms with Gasteiger partial charge >= 0.3 is 0 Å². The Kier molecular flexibility index (Phi) is 8.69. The van der Waals surface area contributed by atoms with Gasteiger partial charge in [-0.3, -0.25) is 9.59 Å². The molecular weight excluding hydrogens is 398 g/mol. The molecule has 0 bridgehead atoms. The van der Waals surface area contributed by atoms with Gasteiger partial charge in [0.2, 0.25) is 11.8 Å². The van der Waals surface area contributed by atoms with Crippen molar-refractivity contribution in [2.24, 2.45) is 5.41 Å². The lowest BCUT2D eigenvalue weighted by Gasteiger charge is -2.35. The summed E-state index contributed by atoms with van der Waals surface area (Å²) in [6, 6.07) is 7.28. The van der Waals surface area contributed by atoms with Crippen molar-refractivity contribution in [3.05, 3.63) is 28.7 Å². The second-order valence-corrected chi connectivity index (χ2v) is 6.62. The van der Waals surface area contributed by atoms with Crippen LogP contribution in [0.25, 0.3) is 0 Å². The summed E-state index contributed by atoms with van der Waals surface area (Å²) in [6.45, 7) is 1.88. The molecule has 0 atom stereocenters. The first-order valence-corrected chi connectivity index (χ1v) is 8.38. The number of carbonyl (C=O) groups is 2. The molecule has 1 saturated heterocycles. The minimum atomic E-state index is -0.544. The van der Waals surface area contributed by atoms with Gasteiger partial charge in [-0.05, 0) is 50.2 Å². The van der Waals surface area contributed by atoms with Gasteiger partial charge in [0.15, 0.2) is 0 Å². The van der Waals surface area contributed by atoms with Crippen molar-refractivity contribution < 1.29 is 14.3 Å². The van der Waals surface area contributed by atoms with Gasteiger partial charge in [-0.2, -0.15) is 0 Å². The van der Waals surface area contributed by atoms with Crippen LogP contribution in [0.5, 0.6) is 0 Å². The summed E-state index contributed by atoms with van der Waals surface area (Å²) >= 11 is 3.34. The lowest BCUT2D eigenvalue weighted by atomic mass is 9.78. The Bertz CT molecular complexity index is 542. The maximum atomic E-state index is 12.5. The number of hydrogen-bond donors (Lipinski definition) is 3. The van der Waals surface area contributed by atoms with Crippen LogP contribution in [-0.2, 0) is 14.3 Å². The van der Waals surface area contributed by atoms with Crippen molar-refractivity contribution in [3.8, 4) is 0 Å². The average molecular weight is 421 g/mol. The Balaban J connectivity index is 0.00000288. The average Bonchev–Trinajstić information content (AvgIpc) is 2.56. The number of piperidine rings is 1. The molecule has 2 amide bonds. The molecule has 0 saturated carbocycles. The summed E-state index contributed by atoms with van der Waals surface area (Å²) in [5.41, 5.74) is 0.152. The van der Waals surface area contributed by atoms with E-state index >= 15 is 0 Å². The van der Waals surface area contributed by atoms with Gasteiger partial charge in [0.25, 0.3) is 0 Å². The van der Waals surface area contributed by atoms with E-state index in [-0.39, 0.29) is 30.8 Å². The number of hydrogen-bond acceptors (Lipinski definition) is 4. The zero-order valence-corrected chi connectivity index (χ0v) is 16.0. The van der Waals surface area contributed by atoms with Gasteiger partial charge in [0.1, 0.15) is 0 Å². The van der Waals surface area contributed by atoms with E-state index in [2.05, 4.69) is 31.9 Å². The molecule has 0 radical (unpaired) electrons. The van der Waals surface area contributed by atoms with E-state index in [0.717, 1.165) is 17.6 Å². The first-order chi connectivity index (χ1) is 11.1. The second kappa shape index (κ2) is 9.98. The SMILES string of the molecule is COCC1(C(=O)NCC(=O)Nc2ccc(Br)cc2)CCNCC1.Cl. The number of halogens is 2. The van der Waals surface area contributed by atoms with E-state index in [1.165, 1.54) is 0 Å². The van der Waals surface area contributed by atoms with Gasteiger partial charge in [0.05, 0.1) is 18.6 Å². The third kappa shape index (κ3) is 5.73. The first kappa shape index (κ1) is 20.9. The zero-order chi connectivity index (χ0) is 16.7. The molecule has 1 aliphatic heterocycles. The second-order valence-electron chi connectivity index (χ2n) is 5.70. The van der Waals surface area contributed by atoms with Crippen LogP contribution < -0.4 is 16.0 Å². The number of ether oxygens (including phenoxy) is 1. The van der Waals surface area contributed by atoms with Crippen LogP contribution in [0.4, 0.5) is 5.69 Å². The molecule has 1 aliphatic rings. The Hall–Kier alpha value is -1.15. The van der Waals surface area contributed by atoms with Crippen LogP contribution in [0, 0.1) is 5.41 Å². The minimum absolute atomic E-state index is 0. The highest BCUT2D eigenvalue weighted by Gasteiger charge is 2.39. The number of benzene rings is 1. The molecule has 2 rings (SSSR count). The van der Waals surface area contributed by atoms with Crippen molar-refractivity contribution in [1.29, 1.82) is 0 Å². The molecule has 0 aliphatic carbocycles.